The van der Waals surface area contributed by atoms with Crippen molar-refractivity contribution in [2.75, 3.05) is 20.3 Å². The summed E-state index contributed by atoms with van der Waals surface area (Å²) in [7, 11) is 1.52. The van der Waals surface area contributed by atoms with Crippen molar-refractivity contribution in [2.24, 2.45) is 5.41 Å². The first-order valence-corrected chi connectivity index (χ1v) is 17.9. The number of nitrogens with one attached hydrogen (secondary N) is 2. The largest absolute Gasteiger partial charge is 0.504 e. The molecule has 2 aromatic carbocycles. The first-order valence-electron chi connectivity index (χ1n) is 17.9. The van der Waals surface area contributed by atoms with Gasteiger partial charge in [-0.2, -0.15) is 0 Å². The molecule has 4 fully saturated rings. The number of carbonyl (C=O) groups is 1. The molecule has 6 atom stereocenters. The van der Waals surface area contributed by atoms with Gasteiger partial charge >= 0.3 is 5.97 Å². The fourth-order valence-electron chi connectivity index (χ4n) is 8.73. The van der Waals surface area contributed by atoms with Crippen molar-refractivity contribution < 1.29 is 58.8 Å². The van der Waals surface area contributed by atoms with Crippen molar-refractivity contribution in [3.8, 4) is 34.3 Å². The van der Waals surface area contributed by atoms with E-state index in [0.717, 1.165) is 12.8 Å². The van der Waals surface area contributed by atoms with Gasteiger partial charge in [-0.25, -0.2) is 4.79 Å². The van der Waals surface area contributed by atoms with Crippen LogP contribution in [0.1, 0.15) is 64.2 Å². The van der Waals surface area contributed by atoms with E-state index in [-0.39, 0.29) is 35.3 Å². The first kappa shape index (κ1) is 36.4. The zero-order valence-corrected chi connectivity index (χ0v) is 28.9. The minimum atomic E-state index is -2.45. The van der Waals surface area contributed by atoms with Crippen LogP contribution >= 0.6 is 0 Å². The molecule has 2 aliphatic heterocycles. The van der Waals surface area contributed by atoms with Gasteiger partial charge < -0.3 is 59.3 Å². The van der Waals surface area contributed by atoms with Crippen LogP contribution in [0.4, 0.5) is 0 Å². The highest BCUT2D eigenvalue weighted by molar-refractivity contribution is 5.89. The van der Waals surface area contributed by atoms with E-state index >= 15 is 0 Å². The highest BCUT2D eigenvalue weighted by atomic mass is 16.7. The van der Waals surface area contributed by atoms with Gasteiger partial charge in [-0.05, 0) is 49.9 Å². The minimum absolute atomic E-state index is 0.137. The zero-order valence-electron chi connectivity index (χ0n) is 28.9. The molecule has 0 bridgehead atoms. The number of rotatable bonds is 9. The molecule has 2 aliphatic carbocycles. The third kappa shape index (κ3) is 6.17. The average molecular weight is 727 g/mol. The number of phenolic OH excluding ortho intramolecular Hbond substituents is 1. The molecule has 15 heteroatoms. The molecule has 8 N–H and O–H groups in total. The van der Waals surface area contributed by atoms with Crippen molar-refractivity contribution in [3.05, 3.63) is 46.6 Å². The summed E-state index contributed by atoms with van der Waals surface area (Å²) in [5, 5.41) is 75.5. The SMILES string of the molecule is COc1ccc(-c2cc(=O)c3c(O)c(OC4(O)CCCCC4)c(OC4OC(C(=O)O)C(O)(C5(C6CNCN6)CCCCC5)C(O)C4O)cc3o2)cc1. The lowest BCUT2D eigenvalue weighted by Gasteiger charge is -2.59. The van der Waals surface area contributed by atoms with Crippen molar-refractivity contribution >= 4 is 16.9 Å². The summed E-state index contributed by atoms with van der Waals surface area (Å²) in [6.45, 7) is 0.823. The number of aliphatic hydroxyl groups is 4. The molecule has 3 aromatic rings. The van der Waals surface area contributed by atoms with Gasteiger partial charge in [0.25, 0.3) is 0 Å². The number of aromatic hydroxyl groups is 1. The molecule has 0 amide bonds. The number of aliphatic hydroxyl groups excluding tert-OH is 2. The Labute approximate surface area is 299 Å². The molecule has 6 unspecified atom stereocenters. The lowest BCUT2D eigenvalue weighted by Crippen LogP contribution is -2.77. The molecule has 15 nitrogen and oxygen atoms in total. The van der Waals surface area contributed by atoms with Gasteiger partial charge in [0, 0.05) is 55.2 Å². The van der Waals surface area contributed by atoms with Gasteiger partial charge in [-0.1, -0.05) is 25.7 Å². The van der Waals surface area contributed by atoms with Crippen molar-refractivity contribution in [1.29, 1.82) is 0 Å². The summed E-state index contributed by atoms with van der Waals surface area (Å²) >= 11 is 0. The van der Waals surface area contributed by atoms with E-state index in [0.29, 0.717) is 63.1 Å². The monoisotopic (exact) mass is 726 g/mol. The third-order valence-corrected chi connectivity index (χ3v) is 11.4. The molecule has 52 heavy (non-hydrogen) atoms. The number of fused-ring (bicyclic) bond motifs is 1. The predicted molar refractivity (Wildman–Crippen MR) is 184 cm³/mol. The van der Waals surface area contributed by atoms with Gasteiger partial charge in [0.1, 0.15) is 40.3 Å². The van der Waals surface area contributed by atoms with Crippen LogP contribution in [-0.4, -0.2) is 99.0 Å². The summed E-state index contributed by atoms with van der Waals surface area (Å²) in [5.41, 5.74) is -3.93. The van der Waals surface area contributed by atoms with Crippen molar-refractivity contribution in [1.82, 2.24) is 10.6 Å². The number of ether oxygens (including phenoxy) is 4. The standard InChI is InChI=1S/C37H46N2O13/c1-48-21-10-8-20(9-11-21)23-16-22(40)27-24(49-23)17-25(30(28(27)41)52-36(46)14-6-3-7-15-36)50-34-29(42)31(43)37(47,32(51-34)33(44)45)35(12-4-2-5-13-35)26-18-38-19-39-26/h8-11,16-17,26,29,31-32,34,38-39,41-43,46-47H,2-7,12-15,18-19H2,1H3,(H,44,45). The number of hydrogen-bond acceptors (Lipinski definition) is 14. The normalized spacial score (nSPS) is 30.1. The molecule has 1 aromatic heterocycles. The van der Waals surface area contributed by atoms with Gasteiger partial charge in [0.2, 0.25) is 17.8 Å². The van der Waals surface area contributed by atoms with Gasteiger partial charge in [-0.3, -0.25) is 10.1 Å². The number of benzene rings is 2. The molecule has 0 spiro atoms. The van der Waals surface area contributed by atoms with E-state index in [1.165, 1.54) is 19.2 Å². The minimum Gasteiger partial charge on any atom is -0.504 e. The maximum atomic E-state index is 13.5. The lowest BCUT2D eigenvalue weighted by atomic mass is 9.54. The summed E-state index contributed by atoms with van der Waals surface area (Å²) in [6, 6.07) is 8.68. The van der Waals surface area contributed by atoms with Crippen LogP contribution in [0.2, 0.25) is 0 Å². The Morgan fingerprint density at radius 1 is 0.962 bits per heavy atom. The maximum absolute atomic E-state index is 13.5. The second-order valence-electron chi connectivity index (χ2n) is 14.4. The van der Waals surface area contributed by atoms with E-state index in [1.807, 2.05) is 0 Å². The quantitative estimate of drug-likeness (QED) is 0.148. The van der Waals surface area contributed by atoms with Crippen LogP contribution in [0.25, 0.3) is 22.3 Å². The van der Waals surface area contributed by atoms with Crippen LogP contribution in [0.5, 0.6) is 23.0 Å². The lowest BCUT2D eigenvalue weighted by molar-refractivity contribution is -0.338. The highest BCUT2D eigenvalue weighted by Crippen LogP contribution is 2.54. The molecule has 4 aliphatic rings. The summed E-state index contributed by atoms with van der Waals surface area (Å²) in [6.07, 6.45) is -2.61. The number of phenols is 1. The topological polar surface area (TPSA) is 230 Å². The Bertz CT molecular complexity index is 1830. The Balaban J connectivity index is 1.31. The van der Waals surface area contributed by atoms with Gasteiger partial charge in [-0.15, -0.1) is 0 Å². The fourth-order valence-corrected chi connectivity index (χ4v) is 8.73. The second kappa shape index (κ2) is 14.1. The molecule has 7 rings (SSSR count). The Hall–Kier alpha value is -3.96. The number of carboxylic acid groups (broad SMARTS) is 1. The van der Waals surface area contributed by atoms with E-state index in [1.54, 1.807) is 24.3 Å². The summed E-state index contributed by atoms with van der Waals surface area (Å²) < 4.78 is 29.3. The zero-order chi connectivity index (χ0) is 36.8. The van der Waals surface area contributed by atoms with Crippen LogP contribution in [0.3, 0.4) is 0 Å². The molecule has 2 saturated heterocycles. The molecule has 0 radical (unpaired) electrons. The van der Waals surface area contributed by atoms with E-state index in [4.69, 9.17) is 23.4 Å². The molecule has 2 saturated carbocycles. The maximum Gasteiger partial charge on any atom is 0.336 e. The summed E-state index contributed by atoms with van der Waals surface area (Å²) in [5.74, 6) is -4.19. The number of aliphatic carboxylic acids is 1. The van der Waals surface area contributed by atoms with E-state index < -0.39 is 70.3 Å². The second-order valence-corrected chi connectivity index (χ2v) is 14.4. The van der Waals surface area contributed by atoms with Crippen LogP contribution < -0.4 is 30.3 Å². The van der Waals surface area contributed by atoms with E-state index in [9.17, 15) is 40.2 Å². The van der Waals surface area contributed by atoms with Gasteiger partial charge in [0.05, 0.1) is 7.11 Å². The number of carboxylic acids is 1. The molecule has 282 valence electrons. The first-order chi connectivity index (χ1) is 24.9. The Kier molecular flexibility index (Phi) is 9.88. The Morgan fingerprint density at radius 2 is 1.63 bits per heavy atom. The van der Waals surface area contributed by atoms with Crippen LogP contribution in [0.15, 0.2) is 45.6 Å². The van der Waals surface area contributed by atoms with Crippen molar-refractivity contribution in [3.63, 3.8) is 0 Å². The van der Waals surface area contributed by atoms with Crippen LogP contribution in [-0.2, 0) is 9.53 Å². The molecular weight excluding hydrogens is 680 g/mol. The summed E-state index contributed by atoms with van der Waals surface area (Å²) in [4.78, 5) is 26.5. The van der Waals surface area contributed by atoms with Gasteiger partial charge in [0.15, 0.2) is 23.0 Å². The number of methoxy groups -OCH3 is 1. The highest BCUT2D eigenvalue weighted by Gasteiger charge is 2.69. The Morgan fingerprint density at radius 3 is 2.25 bits per heavy atom. The van der Waals surface area contributed by atoms with E-state index in [2.05, 4.69) is 10.6 Å². The number of hydrogen-bond donors (Lipinski definition) is 8. The smallest absolute Gasteiger partial charge is 0.336 e. The molecular formula is C37H46N2O13. The fraction of sp³-hybridized carbons (Fsp3) is 0.568. The van der Waals surface area contributed by atoms with Crippen LogP contribution in [0, 0.1) is 5.41 Å². The van der Waals surface area contributed by atoms with Crippen molar-refractivity contribution in [2.45, 2.75) is 106 Å². The molecule has 3 heterocycles. The average Bonchev–Trinajstić information content (AvgIpc) is 3.69. The third-order valence-electron chi connectivity index (χ3n) is 11.4. The predicted octanol–water partition coefficient (Wildman–Crippen LogP) is 2.32.